The fraction of sp³-hybridized carbons (Fsp3) is 0.353. The van der Waals surface area contributed by atoms with Crippen LogP contribution in [0.25, 0.3) is 10.9 Å². The molecule has 5 heteroatoms. The van der Waals surface area contributed by atoms with Gasteiger partial charge in [-0.15, -0.1) is 0 Å². The Morgan fingerprint density at radius 3 is 2.82 bits per heavy atom. The second-order valence-electron chi connectivity index (χ2n) is 5.68. The van der Waals surface area contributed by atoms with Gasteiger partial charge in [0, 0.05) is 36.8 Å². The van der Waals surface area contributed by atoms with Crippen LogP contribution in [0.15, 0.2) is 43.0 Å². The van der Waals surface area contributed by atoms with E-state index in [2.05, 4.69) is 39.8 Å². The van der Waals surface area contributed by atoms with Crippen LogP contribution in [0.4, 0.5) is 5.82 Å². The summed E-state index contributed by atoms with van der Waals surface area (Å²) in [6.07, 6.45) is 6.65. The number of hydrogen-bond donors (Lipinski definition) is 1. The highest BCUT2D eigenvalue weighted by molar-refractivity contribution is 5.89. The van der Waals surface area contributed by atoms with Gasteiger partial charge in [-0.3, -0.25) is 0 Å². The summed E-state index contributed by atoms with van der Waals surface area (Å²) in [7, 11) is 0. The van der Waals surface area contributed by atoms with Crippen LogP contribution in [-0.4, -0.2) is 26.1 Å². The number of fused-ring (bicyclic) bond motifs is 1. The molecule has 2 aromatic heterocycles. The molecule has 3 aromatic rings. The molecule has 114 valence electrons. The number of nitrogens with zero attached hydrogens (tertiary/aromatic N) is 4. The molecule has 0 atom stereocenters. The fourth-order valence-corrected chi connectivity index (χ4v) is 2.37. The fourth-order valence-electron chi connectivity index (χ4n) is 2.37. The number of hydrogen-bond acceptors (Lipinski definition) is 4. The first kappa shape index (κ1) is 14.5. The number of rotatable bonds is 6. The van der Waals surface area contributed by atoms with Gasteiger partial charge in [-0.1, -0.05) is 26.0 Å². The van der Waals surface area contributed by atoms with E-state index in [9.17, 15) is 0 Å². The lowest BCUT2D eigenvalue weighted by Gasteiger charge is -2.12. The highest BCUT2D eigenvalue weighted by Gasteiger charge is 2.09. The molecule has 5 nitrogen and oxygen atoms in total. The molecule has 0 bridgehead atoms. The molecule has 3 rings (SSSR count). The zero-order chi connectivity index (χ0) is 15.4. The number of nitrogens with one attached hydrogen (secondary N) is 1. The summed E-state index contributed by atoms with van der Waals surface area (Å²) >= 11 is 0. The zero-order valence-corrected chi connectivity index (χ0v) is 13.0. The van der Waals surface area contributed by atoms with Crippen LogP contribution in [0, 0.1) is 0 Å². The summed E-state index contributed by atoms with van der Waals surface area (Å²) < 4.78 is 2.08. The Labute approximate surface area is 130 Å². The van der Waals surface area contributed by atoms with E-state index in [1.807, 2.05) is 30.7 Å². The molecule has 1 aromatic carbocycles. The van der Waals surface area contributed by atoms with Crippen LogP contribution >= 0.6 is 0 Å². The number of imidazole rings is 1. The van der Waals surface area contributed by atoms with Crippen LogP contribution in [0.1, 0.15) is 32.0 Å². The molecule has 0 saturated carbocycles. The third-order valence-corrected chi connectivity index (χ3v) is 3.58. The molecule has 0 aliphatic carbocycles. The van der Waals surface area contributed by atoms with Crippen molar-refractivity contribution in [3.05, 3.63) is 48.8 Å². The van der Waals surface area contributed by atoms with Gasteiger partial charge in [-0.05, 0) is 18.6 Å². The maximum absolute atomic E-state index is 4.69. The average Bonchev–Trinajstić information content (AvgIpc) is 3.04. The molecule has 0 fully saturated rings. The summed E-state index contributed by atoms with van der Waals surface area (Å²) in [4.78, 5) is 13.4. The van der Waals surface area contributed by atoms with Crippen LogP contribution in [0.2, 0.25) is 0 Å². The molecule has 2 heterocycles. The molecule has 0 aliphatic rings. The first-order valence-corrected chi connectivity index (χ1v) is 7.70. The Morgan fingerprint density at radius 2 is 2.05 bits per heavy atom. The van der Waals surface area contributed by atoms with Crippen molar-refractivity contribution in [2.45, 2.75) is 32.7 Å². The van der Waals surface area contributed by atoms with E-state index in [1.165, 1.54) is 0 Å². The molecule has 0 unspecified atom stereocenters. The Kier molecular flexibility index (Phi) is 4.32. The lowest BCUT2D eigenvalue weighted by atomic mass is 10.1. The van der Waals surface area contributed by atoms with E-state index in [-0.39, 0.29) is 0 Å². The highest BCUT2D eigenvalue weighted by atomic mass is 15.0. The summed E-state index contributed by atoms with van der Waals surface area (Å²) in [6, 6.07) is 8.15. The predicted octanol–water partition coefficient (Wildman–Crippen LogP) is 3.45. The van der Waals surface area contributed by atoms with Crippen molar-refractivity contribution in [2.75, 3.05) is 11.9 Å². The molecule has 0 radical (unpaired) electrons. The first-order chi connectivity index (χ1) is 10.7. The minimum atomic E-state index is 0.316. The van der Waals surface area contributed by atoms with Gasteiger partial charge in [0.2, 0.25) is 0 Å². The summed E-state index contributed by atoms with van der Waals surface area (Å²) in [6.45, 7) is 6.06. The van der Waals surface area contributed by atoms with Crippen LogP contribution in [0.3, 0.4) is 0 Å². The van der Waals surface area contributed by atoms with E-state index in [0.29, 0.717) is 5.92 Å². The molecule has 0 amide bonds. The lowest BCUT2D eigenvalue weighted by molar-refractivity contribution is 0.659. The summed E-state index contributed by atoms with van der Waals surface area (Å²) in [5, 5.41) is 4.54. The van der Waals surface area contributed by atoms with Crippen molar-refractivity contribution in [2.24, 2.45) is 0 Å². The first-order valence-electron chi connectivity index (χ1n) is 7.70. The Bertz CT molecular complexity index is 734. The maximum Gasteiger partial charge on any atom is 0.137 e. The number of benzene rings is 1. The number of para-hydroxylation sites is 1. The van der Waals surface area contributed by atoms with E-state index in [1.54, 1.807) is 6.20 Å². The van der Waals surface area contributed by atoms with Gasteiger partial charge in [0.25, 0.3) is 0 Å². The largest absolute Gasteiger partial charge is 0.369 e. The highest BCUT2D eigenvalue weighted by Crippen LogP contribution is 2.22. The quantitative estimate of drug-likeness (QED) is 0.708. The van der Waals surface area contributed by atoms with Crippen LogP contribution in [0.5, 0.6) is 0 Å². The number of aromatic nitrogens is 4. The molecular weight excluding hydrogens is 274 g/mol. The summed E-state index contributed by atoms with van der Waals surface area (Å²) in [5.74, 6) is 2.13. The van der Waals surface area contributed by atoms with E-state index in [4.69, 9.17) is 4.98 Å². The van der Waals surface area contributed by atoms with Gasteiger partial charge in [-0.25, -0.2) is 15.0 Å². The number of aryl methyl sites for hydroxylation is 1. The van der Waals surface area contributed by atoms with Gasteiger partial charge in [0.15, 0.2) is 0 Å². The topological polar surface area (TPSA) is 55.6 Å². The standard InChI is InChI=1S/C17H21N5/c1-13(2)16-20-15-7-4-3-6-14(15)17(21-16)19-8-5-10-22-11-9-18-12-22/h3-4,6-7,9,11-13H,5,8,10H2,1-2H3,(H,19,20,21). The minimum absolute atomic E-state index is 0.316. The van der Waals surface area contributed by atoms with Crippen molar-refractivity contribution >= 4 is 16.7 Å². The van der Waals surface area contributed by atoms with Crippen molar-refractivity contribution in [3.8, 4) is 0 Å². The van der Waals surface area contributed by atoms with E-state index in [0.717, 1.165) is 42.1 Å². The molecule has 22 heavy (non-hydrogen) atoms. The molecule has 0 saturated heterocycles. The van der Waals surface area contributed by atoms with Gasteiger partial charge in [-0.2, -0.15) is 0 Å². The Morgan fingerprint density at radius 1 is 1.18 bits per heavy atom. The van der Waals surface area contributed by atoms with Gasteiger partial charge >= 0.3 is 0 Å². The third kappa shape index (κ3) is 3.24. The second-order valence-corrected chi connectivity index (χ2v) is 5.68. The van der Waals surface area contributed by atoms with Crippen molar-refractivity contribution in [3.63, 3.8) is 0 Å². The summed E-state index contributed by atoms with van der Waals surface area (Å²) in [5.41, 5.74) is 0.998. The molecule has 0 aliphatic heterocycles. The minimum Gasteiger partial charge on any atom is -0.369 e. The van der Waals surface area contributed by atoms with E-state index >= 15 is 0 Å². The maximum atomic E-state index is 4.69. The average molecular weight is 295 g/mol. The zero-order valence-electron chi connectivity index (χ0n) is 13.0. The molecule has 0 spiro atoms. The number of anilines is 1. The molecular formula is C17H21N5. The predicted molar refractivity (Wildman–Crippen MR) is 89.0 cm³/mol. The SMILES string of the molecule is CC(C)c1nc(NCCCn2ccnc2)c2ccccc2n1. The normalized spacial score (nSPS) is 11.2. The smallest absolute Gasteiger partial charge is 0.137 e. The van der Waals surface area contributed by atoms with Gasteiger partial charge in [0.05, 0.1) is 11.8 Å². The van der Waals surface area contributed by atoms with Gasteiger partial charge in [0.1, 0.15) is 11.6 Å². The Balaban J connectivity index is 1.74. The van der Waals surface area contributed by atoms with E-state index < -0.39 is 0 Å². The second kappa shape index (κ2) is 6.56. The van der Waals surface area contributed by atoms with Crippen LogP contribution in [-0.2, 0) is 6.54 Å². The Hall–Kier alpha value is -2.43. The van der Waals surface area contributed by atoms with Crippen molar-refractivity contribution in [1.29, 1.82) is 0 Å². The third-order valence-electron chi connectivity index (χ3n) is 3.58. The van der Waals surface area contributed by atoms with Crippen LogP contribution < -0.4 is 5.32 Å². The molecule has 1 N–H and O–H groups in total. The monoisotopic (exact) mass is 295 g/mol. The van der Waals surface area contributed by atoms with Crippen molar-refractivity contribution < 1.29 is 0 Å². The van der Waals surface area contributed by atoms with Gasteiger partial charge < -0.3 is 9.88 Å². The van der Waals surface area contributed by atoms with Crippen molar-refractivity contribution in [1.82, 2.24) is 19.5 Å². The lowest BCUT2D eigenvalue weighted by Crippen LogP contribution is -2.09.